The highest BCUT2D eigenvalue weighted by Gasteiger charge is 2.10. The largest absolute Gasteiger partial charge is 0.496 e. The molecule has 2 aromatic rings. The van der Waals surface area contributed by atoms with Crippen LogP contribution < -0.4 is 4.74 Å². The maximum atomic E-state index is 10.3. The van der Waals surface area contributed by atoms with Crippen molar-refractivity contribution in [2.45, 2.75) is 32.8 Å². The van der Waals surface area contributed by atoms with Gasteiger partial charge in [-0.3, -0.25) is 0 Å². The summed E-state index contributed by atoms with van der Waals surface area (Å²) in [6, 6.07) is 12.3. The van der Waals surface area contributed by atoms with Crippen molar-refractivity contribution in [2.75, 3.05) is 7.11 Å². The number of benzene rings is 2. The van der Waals surface area contributed by atoms with Crippen molar-refractivity contribution in [3.8, 4) is 5.75 Å². The zero-order valence-corrected chi connectivity index (χ0v) is 14.3. The third kappa shape index (κ3) is 4.32. The van der Waals surface area contributed by atoms with E-state index < -0.39 is 0 Å². The monoisotopic (exact) mass is 348 g/mol. The first kappa shape index (κ1) is 16.1. The second-order valence-electron chi connectivity index (χ2n) is 5.46. The van der Waals surface area contributed by atoms with Crippen molar-refractivity contribution in [1.29, 1.82) is 0 Å². The van der Waals surface area contributed by atoms with Crippen molar-refractivity contribution < 1.29 is 9.84 Å². The SMILES string of the molecule is COc1ccc(CC(O)Cc2cc(C)ccc2C)cc1Br. The van der Waals surface area contributed by atoms with Crippen LogP contribution in [0.5, 0.6) is 5.75 Å². The molecule has 0 heterocycles. The molecule has 0 spiro atoms. The predicted octanol–water partition coefficient (Wildman–Crippen LogP) is 4.22. The van der Waals surface area contributed by atoms with Gasteiger partial charge in [0, 0.05) is 0 Å². The third-order valence-corrected chi connectivity index (χ3v) is 4.27. The lowest BCUT2D eigenvalue weighted by Gasteiger charge is -2.14. The lowest BCUT2D eigenvalue weighted by atomic mass is 9.97. The molecule has 21 heavy (non-hydrogen) atoms. The summed E-state index contributed by atoms with van der Waals surface area (Å²) in [6.45, 7) is 4.17. The number of aliphatic hydroxyl groups is 1. The zero-order chi connectivity index (χ0) is 15.4. The van der Waals surface area contributed by atoms with Crippen LogP contribution in [0.4, 0.5) is 0 Å². The fourth-order valence-corrected chi connectivity index (χ4v) is 3.04. The van der Waals surface area contributed by atoms with Crippen LogP contribution in [0.3, 0.4) is 0 Å². The number of hydrogen-bond acceptors (Lipinski definition) is 2. The number of aliphatic hydroxyl groups excluding tert-OH is 1. The molecule has 1 unspecified atom stereocenters. The molecule has 112 valence electrons. The van der Waals surface area contributed by atoms with Crippen LogP contribution in [0.15, 0.2) is 40.9 Å². The first-order chi connectivity index (χ1) is 9.99. The van der Waals surface area contributed by atoms with Crippen LogP contribution >= 0.6 is 15.9 Å². The summed E-state index contributed by atoms with van der Waals surface area (Å²) in [4.78, 5) is 0. The second kappa shape index (κ2) is 7.10. The Kier molecular flexibility index (Phi) is 5.43. The fourth-order valence-electron chi connectivity index (χ4n) is 2.46. The summed E-state index contributed by atoms with van der Waals surface area (Å²) in [5.41, 5.74) is 4.78. The molecule has 0 saturated carbocycles. The Bertz CT molecular complexity index is 623. The lowest BCUT2D eigenvalue weighted by molar-refractivity contribution is 0.175. The van der Waals surface area contributed by atoms with Crippen molar-refractivity contribution in [3.05, 3.63) is 63.1 Å². The number of methoxy groups -OCH3 is 1. The van der Waals surface area contributed by atoms with Gasteiger partial charge in [-0.25, -0.2) is 0 Å². The number of halogens is 1. The molecule has 0 radical (unpaired) electrons. The first-order valence-electron chi connectivity index (χ1n) is 7.06. The summed E-state index contributed by atoms with van der Waals surface area (Å²) < 4.78 is 6.14. The lowest BCUT2D eigenvalue weighted by Crippen LogP contribution is -2.14. The molecule has 0 bridgehead atoms. The fraction of sp³-hybridized carbons (Fsp3) is 0.333. The van der Waals surface area contributed by atoms with Crippen molar-refractivity contribution in [2.24, 2.45) is 0 Å². The third-order valence-electron chi connectivity index (χ3n) is 3.65. The molecular formula is C18H21BrO2. The molecule has 1 N–H and O–H groups in total. The van der Waals surface area contributed by atoms with E-state index in [1.807, 2.05) is 18.2 Å². The highest BCUT2D eigenvalue weighted by Crippen LogP contribution is 2.26. The van der Waals surface area contributed by atoms with Crippen molar-refractivity contribution in [3.63, 3.8) is 0 Å². The van der Waals surface area contributed by atoms with Gasteiger partial charge in [-0.15, -0.1) is 0 Å². The van der Waals surface area contributed by atoms with Gasteiger partial charge in [0.1, 0.15) is 5.75 Å². The molecule has 2 rings (SSSR count). The Hall–Kier alpha value is -1.32. The van der Waals surface area contributed by atoms with E-state index >= 15 is 0 Å². The molecule has 2 aromatic carbocycles. The smallest absolute Gasteiger partial charge is 0.133 e. The van der Waals surface area contributed by atoms with Gasteiger partial charge in [0.25, 0.3) is 0 Å². The van der Waals surface area contributed by atoms with Crippen LogP contribution in [0.1, 0.15) is 22.3 Å². The molecule has 3 heteroatoms. The van der Waals surface area contributed by atoms with Crippen LogP contribution in [-0.2, 0) is 12.8 Å². The molecule has 0 amide bonds. The minimum absolute atomic E-state index is 0.384. The molecular weight excluding hydrogens is 328 g/mol. The van der Waals surface area contributed by atoms with E-state index in [-0.39, 0.29) is 6.10 Å². The molecule has 0 saturated heterocycles. The molecule has 0 aliphatic rings. The summed E-state index contributed by atoms with van der Waals surface area (Å²) in [6.07, 6.45) is 0.929. The Morgan fingerprint density at radius 2 is 1.86 bits per heavy atom. The summed E-state index contributed by atoms with van der Waals surface area (Å²) in [5, 5.41) is 10.3. The van der Waals surface area contributed by atoms with E-state index in [0.29, 0.717) is 12.8 Å². The van der Waals surface area contributed by atoms with E-state index in [4.69, 9.17) is 4.74 Å². The highest BCUT2D eigenvalue weighted by molar-refractivity contribution is 9.10. The molecule has 2 nitrogen and oxygen atoms in total. The summed E-state index contributed by atoms with van der Waals surface area (Å²) in [7, 11) is 1.65. The number of ether oxygens (including phenoxy) is 1. The Balaban J connectivity index is 2.06. The Morgan fingerprint density at radius 3 is 2.52 bits per heavy atom. The average Bonchev–Trinajstić information content (AvgIpc) is 2.43. The molecule has 0 aromatic heterocycles. The van der Waals surface area contributed by atoms with Gasteiger partial charge in [0.15, 0.2) is 0 Å². The van der Waals surface area contributed by atoms with Gasteiger partial charge < -0.3 is 9.84 Å². The van der Waals surface area contributed by atoms with E-state index in [1.165, 1.54) is 16.7 Å². The summed E-state index contributed by atoms with van der Waals surface area (Å²) >= 11 is 3.48. The van der Waals surface area contributed by atoms with Gasteiger partial charge in [0.05, 0.1) is 17.7 Å². The summed E-state index contributed by atoms with van der Waals surface area (Å²) in [5.74, 6) is 0.808. The van der Waals surface area contributed by atoms with Gasteiger partial charge in [-0.1, -0.05) is 29.8 Å². The molecule has 0 aliphatic carbocycles. The van der Waals surface area contributed by atoms with E-state index in [9.17, 15) is 5.11 Å². The highest BCUT2D eigenvalue weighted by atomic mass is 79.9. The van der Waals surface area contributed by atoms with Crippen LogP contribution in [-0.4, -0.2) is 18.3 Å². The van der Waals surface area contributed by atoms with Crippen molar-refractivity contribution >= 4 is 15.9 Å². The van der Waals surface area contributed by atoms with Gasteiger partial charge in [0.2, 0.25) is 0 Å². The molecule has 0 aliphatic heterocycles. The maximum absolute atomic E-state index is 10.3. The molecule has 0 fully saturated rings. The average molecular weight is 349 g/mol. The predicted molar refractivity (Wildman–Crippen MR) is 90.0 cm³/mol. The zero-order valence-electron chi connectivity index (χ0n) is 12.7. The van der Waals surface area contributed by atoms with Crippen LogP contribution in [0, 0.1) is 13.8 Å². The van der Waals surface area contributed by atoms with Crippen LogP contribution in [0.25, 0.3) is 0 Å². The number of hydrogen-bond donors (Lipinski definition) is 1. The normalized spacial score (nSPS) is 12.2. The Labute approximate surface area is 134 Å². The van der Waals surface area contributed by atoms with Gasteiger partial charge >= 0.3 is 0 Å². The number of rotatable bonds is 5. The minimum Gasteiger partial charge on any atom is -0.496 e. The van der Waals surface area contributed by atoms with E-state index in [1.54, 1.807) is 7.11 Å². The van der Waals surface area contributed by atoms with E-state index in [2.05, 4.69) is 48.0 Å². The molecule has 1 atom stereocenters. The standard InChI is InChI=1S/C18H21BrO2/c1-12-4-5-13(2)15(8-12)11-16(20)9-14-6-7-18(21-3)17(19)10-14/h4-8,10,16,20H,9,11H2,1-3H3. The van der Waals surface area contributed by atoms with E-state index in [0.717, 1.165) is 15.8 Å². The minimum atomic E-state index is -0.384. The maximum Gasteiger partial charge on any atom is 0.133 e. The number of aryl methyl sites for hydroxylation is 2. The van der Waals surface area contributed by atoms with Crippen LogP contribution in [0.2, 0.25) is 0 Å². The Morgan fingerprint density at radius 1 is 1.10 bits per heavy atom. The van der Waals surface area contributed by atoms with Crippen molar-refractivity contribution in [1.82, 2.24) is 0 Å². The van der Waals surface area contributed by atoms with Gasteiger partial charge in [-0.2, -0.15) is 0 Å². The quantitative estimate of drug-likeness (QED) is 0.876. The second-order valence-corrected chi connectivity index (χ2v) is 6.32. The first-order valence-corrected chi connectivity index (χ1v) is 7.85. The topological polar surface area (TPSA) is 29.5 Å². The van der Waals surface area contributed by atoms with Gasteiger partial charge in [-0.05, 0) is 71.4 Å².